The fourth-order valence-electron chi connectivity index (χ4n) is 3.70. The first kappa shape index (κ1) is 23.6. The third kappa shape index (κ3) is 4.87. The summed E-state index contributed by atoms with van der Waals surface area (Å²) in [5.41, 5.74) is -0.142. The van der Waals surface area contributed by atoms with E-state index >= 15 is 0 Å². The molecule has 8 nitrogen and oxygen atoms in total. The van der Waals surface area contributed by atoms with E-state index in [2.05, 4.69) is 9.98 Å². The van der Waals surface area contributed by atoms with Crippen molar-refractivity contribution in [1.82, 2.24) is 9.55 Å². The Balaban J connectivity index is 1.78. The molecule has 0 spiro atoms. The van der Waals surface area contributed by atoms with Crippen molar-refractivity contribution in [3.63, 3.8) is 0 Å². The van der Waals surface area contributed by atoms with E-state index in [1.165, 1.54) is 0 Å². The summed E-state index contributed by atoms with van der Waals surface area (Å²) in [7, 11) is 0. The summed E-state index contributed by atoms with van der Waals surface area (Å²) >= 11 is 0. The van der Waals surface area contributed by atoms with E-state index < -0.39 is 29.0 Å². The predicted octanol–water partition coefficient (Wildman–Crippen LogP) is 2.61. The van der Waals surface area contributed by atoms with Crippen LogP contribution in [0.3, 0.4) is 0 Å². The van der Waals surface area contributed by atoms with E-state index in [-0.39, 0.29) is 31.3 Å². The second kappa shape index (κ2) is 9.39. The highest BCUT2D eigenvalue weighted by Crippen LogP contribution is 2.30. The van der Waals surface area contributed by atoms with Gasteiger partial charge in [0, 0.05) is 30.9 Å². The molecule has 0 unspecified atom stereocenters. The minimum absolute atomic E-state index is 0.0109. The molecule has 4 rings (SSSR count). The minimum Gasteiger partial charge on any atom is -0.396 e. The highest BCUT2D eigenvalue weighted by molar-refractivity contribution is 5.97. The van der Waals surface area contributed by atoms with Gasteiger partial charge in [0.15, 0.2) is 0 Å². The van der Waals surface area contributed by atoms with Gasteiger partial charge in [0.05, 0.1) is 23.2 Å². The molecule has 180 valence electrons. The second-order valence-corrected chi connectivity index (χ2v) is 7.62. The monoisotopic (exact) mass is 480 g/mol. The maximum absolute atomic E-state index is 13.7. The van der Waals surface area contributed by atoms with Gasteiger partial charge < -0.3 is 24.3 Å². The lowest BCUT2D eigenvalue weighted by atomic mass is 10.1. The van der Waals surface area contributed by atoms with Crippen LogP contribution in [0.15, 0.2) is 41.4 Å². The molecule has 0 aliphatic carbocycles. The minimum atomic E-state index is -4.83. The first-order valence-corrected chi connectivity index (χ1v) is 10.4. The van der Waals surface area contributed by atoms with Gasteiger partial charge >= 0.3 is 6.18 Å². The number of nitrogens with one attached hydrogen (secondary N) is 1. The van der Waals surface area contributed by atoms with Gasteiger partial charge in [-0.3, -0.25) is 9.59 Å². The van der Waals surface area contributed by atoms with Crippen molar-refractivity contribution in [1.29, 1.82) is 0 Å². The zero-order chi connectivity index (χ0) is 24.5. The summed E-state index contributed by atoms with van der Waals surface area (Å²) in [6.45, 7) is 0.809. The Hall–Kier alpha value is -3.51. The highest BCUT2D eigenvalue weighted by Gasteiger charge is 2.32. The quantitative estimate of drug-likeness (QED) is 0.549. The SMILES string of the molecule is O=C(/N=c1\[nH]c2cc(N3CCOCC3=O)ccc2n1CCCO)c1cc(F)cc(C(F)(F)F)c1. The lowest BCUT2D eigenvalue weighted by molar-refractivity contribution is -0.137. The Labute approximate surface area is 190 Å². The van der Waals surface area contributed by atoms with Crippen molar-refractivity contribution in [2.75, 3.05) is 31.3 Å². The fraction of sp³-hybridized carbons (Fsp3) is 0.318. The first-order valence-electron chi connectivity index (χ1n) is 10.4. The number of carbonyl (C=O) groups is 2. The number of rotatable bonds is 5. The molecular formula is C22H20F4N4O4. The van der Waals surface area contributed by atoms with Gasteiger partial charge in [-0.2, -0.15) is 18.2 Å². The van der Waals surface area contributed by atoms with E-state index in [1.54, 1.807) is 27.7 Å². The van der Waals surface area contributed by atoms with Crippen molar-refractivity contribution < 1.29 is 37.0 Å². The van der Waals surface area contributed by atoms with Crippen LogP contribution in [0.2, 0.25) is 0 Å². The number of halogens is 4. The molecular weight excluding hydrogens is 460 g/mol. The van der Waals surface area contributed by atoms with Crippen LogP contribution in [0.4, 0.5) is 23.2 Å². The number of H-pyrrole nitrogens is 1. The van der Waals surface area contributed by atoms with E-state index in [0.29, 0.717) is 54.5 Å². The number of morpholine rings is 1. The molecule has 0 saturated carbocycles. The van der Waals surface area contributed by atoms with E-state index in [4.69, 9.17) is 4.74 Å². The zero-order valence-electron chi connectivity index (χ0n) is 17.7. The van der Waals surface area contributed by atoms with E-state index in [1.807, 2.05) is 0 Å². The maximum Gasteiger partial charge on any atom is 0.416 e. The fourth-order valence-corrected chi connectivity index (χ4v) is 3.70. The molecule has 1 saturated heterocycles. The van der Waals surface area contributed by atoms with Crippen LogP contribution in [0, 0.1) is 5.82 Å². The summed E-state index contributed by atoms with van der Waals surface area (Å²) in [6, 6.07) is 6.62. The Morgan fingerprint density at radius 3 is 2.71 bits per heavy atom. The van der Waals surface area contributed by atoms with Gasteiger partial charge in [-0.1, -0.05) is 0 Å². The Kier molecular flexibility index (Phi) is 6.53. The van der Waals surface area contributed by atoms with E-state index in [0.717, 1.165) is 0 Å². The summed E-state index contributed by atoms with van der Waals surface area (Å²) in [4.78, 5) is 33.2. The molecule has 34 heavy (non-hydrogen) atoms. The van der Waals surface area contributed by atoms with Crippen molar-refractivity contribution in [3.05, 3.63) is 59.0 Å². The summed E-state index contributed by atoms with van der Waals surface area (Å²) in [5.74, 6) is -2.49. The van der Waals surface area contributed by atoms with Gasteiger partial charge in [0.1, 0.15) is 12.4 Å². The number of amides is 2. The third-order valence-electron chi connectivity index (χ3n) is 5.29. The molecule has 1 fully saturated rings. The number of carbonyl (C=O) groups excluding carboxylic acids is 2. The van der Waals surface area contributed by atoms with Crippen LogP contribution < -0.4 is 10.5 Å². The Bertz CT molecular complexity index is 1310. The van der Waals surface area contributed by atoms with Crippen molar-refractivity contribution in [2.45, 2.75) is 19.1 Å². The number of ether oxygens (including phenoxy) is 1. The number of benzene rings is 2. The first-order chi connectivity index (χ1) is 16.2. The average Bonchev–Trinajstić information content (AvgIpc) is 3.12. The van der Waals surface area contributed by atoms with Crippen molar-refractivity contribution in [2.24, 2.45) is 4.99 Å². The van der Waals surface area contributed by atoms with Crippen LogP contribution in [0.1, 0.15) is 22.3 Å². The number of aromatic amines is 1. The lowest BCUT2D eigenvalue weighted by Crippen LogP contribution is -2.41. The number of aromatic nitrogens is 2. The van der Waals surface area contributed by atoms with Crippen LogP contribution in [-0.2, 0) is 22.3 Å². The molecule has 1 aromatic heterocycles. The second-order valence-electron chi connectivity index (χ2n) is 7.62. The lowest BCUT2D eigenvalue weighted by Gasteiger charge is -2.26. The topological polar surface area (TPSA) is 99.9 Å². The van der Waals surface area contributed by atoms with Gasteiger partial charge in [-0.25, -0.2) is 4.39 Å². The molecule has 1 aliphatic heterocycles. The zero-order valence-corrected chi connectivity index (χ0v) is 17.7. The Morgan fingerprint density at radius 1 is 1.21 bits per heavy atom. The normalized spacial score (nSPS) is 15.4. The van der Waals surface area contributed by atoms with Crippen LogP contribution in [-0.4, -0.2) is 52.8 Å². The number of hydrogen-bond donors (Lipinski definition) is 2. The smallest absolute Gasteiger partial charge is 0.396 e. The molecule has 1 aliphatic rings. The third-order valence-corrected chi connectivity index (χ3v) is 5.29. The number of hydrogen-bond acceptors (Lipinski definition) is 4. The summed E-state index contributed by atoms with van der Waals surface area (Å²) in [6.07, 6.45) is -4.51. The standard InChI is InChI=1S/C22H20F4N4O4/c23-15-9-13(8-14(10-15)22(24,25)26)20(33)28-21-27-17-11-16(29-5-7-34-12-19(29)32)2-3-18(17)30(21)4-1-6-31/h2-3,8-11,31H,1,4-7,12H2,(H,27,28,33). The van der Waals surface area contributed by atoms with Crippen LogP contribution >= 0.6 is 0 Å². The average molecular weight is 480 g/mol. The van der Waals surface area contributed by atoms with Gasteiger partial charge in [0.25, 0.3) is 11.8 Å². The molecule has 2 amide bonds. The molecule has 0 atom stereocenters. The molecule has 2 heterocycles. The molecule has 2 N–H and O–H groups in total. The van der Waals surface area contributed by atoms with E-state index in [9.17, 15) is 32.3 Å². The number of aryl methyl sites for hydroxylation is 1. The van der Waals surface area contributed by atoms with Crippen LogP contribution in [0.5, 0.6) is 0 Å². The van der Waals surface area contributed by atoms with Crippen molar-refractivity contribution in [3.8, 4) is 0 Å². The molecule has 0 radical (unpaired) electrons. The highest BCUT2D eigenvalue weighted by atomic mass is 19.4. The number of alkyl halides is 3. The number of nitrogens with zero attached hydrogens (tertiary/aromatic N) is 3. The molecule has 0 bridgehead atoms. The molecule has 3 aromatic rings. The summed E-state index contributed by atoms with van der Waals surface area (Å²) < 4.78 is 59.5. The molecule has 12 heteroatoms. The maximum atomic E-state index is 13.7. The largest absolute Gasteiger partial charge is 0.416 e. The van der Waals surface area contributed by atoms with Gasteiger partial charge in [-0.15, -0.1) is 0 Å². The van der Waals surface area contributed by atoms with Crippen molar-refractivity contribution >= 4 is 28.5 Å². The van der Waals surface area contributed by atoms with Gasteiger partial charge in [0.2, 0.25) is 5.62 Å². The number of aliphatic hydroxyl groups is 1. The Morgan fingerprint density at radius 2 is 2.00 bits per heavy atom. The molecule has 2 aromatic carbocycles. The predicted molar refractivity (Wildman–Crippen MR) is 112 cm³/mol. The number of anilines is 1. The van der Waals surface area contributed by atoms with Gasteiger partial charge in [-0.05, 0) is 42.8 Å². The number of imidazole rings is 1. The number of fused-ring (bicyclic) bond motifs is 1. The van der Waals surface area contributed by atoms with Crippen LogP contribution in [0.25, 0.3) is 11.0 Å². The number of aliphatic hydroxyl groups excluding tert-OH is 1. The summed E-state index contributed by atoms with van der Waals surface area (Å²) in [5, 5.41) is 9.24.